The first-order chi connectivity index (χ1) is 20.2. The van der Waals surface area contributed by atoms with Gasteiger partial charge >= 0.3 is 5.97 Å². The van der Waals surface area contributed by atoms with Gasteiger partial charge in [-0.05, 0) is 69.4 Å². The largest absolute Gasteiger partial charge is 0.459 e. The van der Waals surface area contributed by atoms with Crippen LogP contribution in [0, 0.1) is 27.7 Å². The van der Waals surface area contributed by atoms with Gasteiger partial charge in [0.05, 0.1) is 24.1 Å². The topological polar surface area (TPSA) is 98.9 Å². The Bertz CT molecular complexity index is 1790. The van der Waals surface area contributed by atoms with Gasteiger partial charge in [0.1, 0.15) is 12.3 Å². The molecule has 0 aliphatic carbocycles. The monoisotopic (exact) mass is 602 g/mol. The van der Waals surface area contributed by atoms with E-state index in [2.05, 4.69) is 4.98 Å². The van der Waals surface area contributed by atoms with Crippen molar-refractivity contribution in [2.24, 2.45) is 0 Å². The summed E-state index contributed by atoms with van der Waals surface area (Å²) in [5.41, 5.74) is 6.48. The quantitative estimate of drug-likeness (QED) is 0.208. The minimum absolute atomic E-state index is 0.00511. The zero-order chi connectivity index (χ0) is 31.3. The number of fused-ring (bicyclic) bond motifs is 3. The maximum atomic E-state index is 14.0. The molecule has 2 heterocycles. The Morgan fingerprint density at radius 3 is 2.23 bits per heavy atom. The second-order valence-electron chi connectivity index (χ2n) is 12.1. The number of hydrogen-bond acceptors (Lipinski definition) is 7. The molecule has 1 atom stereocenters. The first-order valence-corrected chi connectivity index (χ1v) is 16.1. The summed E-state index contributed by atoms with van der Waals surface area (Å²) < 4.78 is 46.1. The molecule has 0 spiro atoms. The number of benzene rings is 3. The van der Waals surface area contributed by atoms with Gasteiger partial charge < -0.3 is 13.9 Å². The van der Waals surface area contributed by atoms with E-state index in [0.29, 0.717) is 39.7 Å². The number of ether oxygens (including phenoxy) is 2. The van der Waals surface area contributed by atoms with E-state index in [1.165, 1.54) is 10.6 Å². The van der Waals surface area contributed by atoms with Crippen molar-refractivity contribution in [2.45, 2.75) is 73.3 Å². The summed E-state index contributed by atoms with van der Waals surface area (Å²) in [5.74, 6) is 0.363. The van der Waals surface area contributed by atoms with E-state index in [1.54, 1.807) is 6.92 Å². The molecule has 1 aliphatic heterocycles. The second kappa shape index (κ2) is 11.3. The first kappa shape index (κ1) is 30.5. The summed E-state index contributed by atoms with van der Waals surface area (Å²) in [4.78, 5) is 18.7. The third-order valence-electron chi connectivity index (χ3n) is 7.51. The van der Waals surface area contributed by atoms with Crippen LogP contribution in [0.3, 0.4) is 0 Å². The summed E-state index contributed by atoms with van der Waals surface area (Å²) in [7, 11) is -3.75. The Labute approximate surface area is 253 Å². The number of aromatic nitrogens is 1. The lowest BCUT2D eigenvalue weighted by atomic mass is 9.82. The van der Waals surface area contributed by atoms with Crippen LogP contribution < -0.4 is 4.31 Å². The van der Waals surface area contributed by atoms with Crippen LogP contribution in [-0.4, -0.2) is 31.2 Å². The summed E-state index contributed by atoms with van der Waals surface area (Å²) in [6.45, 7) is 13.2. The van der Waals surface area contributed by atoms with E-state index in [9.17, 15) is 13.2 Å². The number of rotatable bonds is 7. The van der Waals surface area contributed by atoms with Crippen LogP contribution in [0.2, 0.25) is 0 Å². The fraction of sp³-hybridized carbons (Fsp3) is 0.353. The second-order valence-corrected chi connectivity index (χ2v) is 14.0. The van der Waals surface area contributed by atoms with Gasteiger partial charge in [0.2, 0.25) is 10.0 Å². The molecule has 0 saturated carbocycles. The Balaban J connectivity index is 1.82. The maximum absolute atomic E-state index is 14.0. The molecule has 8 nitrogen and oxygen atoms in total. The van der Waals surface area contributed by atoms with Gasteiger partial charge in [0, 0.05) is 18.1 Å². The molecule has 1 aromatic heterocycles. The van der Waals surface area contributed by atoms with Crippen LogP contribution in [0.25, 0.3) is 22.4 Å². The van der Waals surface area contributed by atoms with Crippen molar-refractivity contribution in [1.82, 2.24) is 4.98 Å². The summed E-state index contributed by atoms with van der Waals surface area (Å²) in [6, 6.07) is 17.5. The first-order valence-electron chi connectivity index (χ1n) is 14.2. The number of anilines is 1. The van der Waals surface area contributed by atoms with Crippen LogP contribution in [0.5, 0.6) is 0 Å². The minimum Gasteiger partial charge on any atom is -0.459 e. The molecule has 0 N–H and O–H groups in total. The number of carbonyl (C=O) groups is 1. The molecule has 0 radical (unpaired) electrons. The van der Waals surface area contributed by atoms with E-state index in [0.717, 1.165) is 27.8 Å². The summed E-state index contributed by atoms with van der Waals surface area (Å²) in [5, 5.41) is 0. The highest BCUT2D eigenvalue weighted by atomic mass is 32.2. The Hall–Kier alpha value is -3.95. The molecule has 43 heavy (non-hydrogen) atoms. The number of esters is 1. The fourth-order valence-corrected chi connectivity index (χ4v) is 6.59. The normalized spacial score (nSPS) is 13.8. The molecule has 226 valence electrons. The highest BCUT2D eigenvalue weighted by Gasteiger charge is 2.40. The van der Waals surface area contributed by atoms with Crippen molar-refractivity contribution in [3.05, 3.63) is 94.1 Å². The van der Waals surface area contributed by atoms with Crippen LogP contribution in [-0.2, 0) is 37.4 Å². The average molecular weight is 603 g/mol. The molecule has 3 aromatic carbocycles. The van der Waals surface area contributed by atoms with E-state index in [4.69, 9.17) is 13.9 Å². The Morgan fingerprint density at radius 1 is 0.977 bits per heavy atom. The molecule has 5 rings (SSSR count). The van der Waals surface area contributed by atoms with Crippen LogP contribution in [0.15, 0.2) is 59.0 Å². The lowest BCUT2D eigenvalue weighted by molar-refractivity contribution is -0.168. The zero-order valence-electron chi connectivity index (χ0n) is 25.9. The fourth-order valence-electron chi connectivity index (χ4n) is 5.68. The molecule has 0 amide bonds. The van der Waals surface area contributed by atoms with Crippen molar-refractivity contribution in [2.75, 3.05) is 10.6 Å². The van der Waals surface area contributed by atoms with Gasteiger partial charge in [-0.3, -0.25) is 4.31 Å². The molecule has 4 aromatic rings. The van der Waals surface area contributed by atoms with Crippen molar-refractivity contribution in [3.63, 3.8) is 0 Å². The molecule has 1 aliphatic rings. The number of oxazole rings is 1. The van der Waals surface area contributed by atoms with E-state index in [1.807, 2.05) is 96.1 Å². The Kier molecular flexibility index (Phi) is 8.00. The third kappa shape index (κ3) is 6.10. The van der Waals surface area contributed by atoms with Gasteiger partial charge in [-0.2, -0.15) is 0 Å². The van der Waals surface area contributed by atoms with Crippen LogP contribution in [0.1, 0.15) is 66.3 Å². The van der Waals surface area contributed by atoms with Gasteiger partial charge in [-0.1, -0.05) is 60.2 Å². The standard InChI is InChI=1S/C34H38N2O6S/c1-20-14-16-25(17-15-20)27-21(2)29-30-26(41-23(4)35-30)18-36(43(8,38)39)31(29)22(3)28(27)32(42-34(5,6)7)33(37)40-19-24-12-10-9-11-13-24/h9-17,32H,18-19H2,1-8H3/t32-/m0/s1. The van der Waals surface area contributed by atoms with Crippen LogP contribution in [0.4, 0.5) is 5.69 Å². The average Bonchev–Trinajstić information content (AvgIpc) is 3.31. The number of sulfonamides is 1. The number of aryl methyl sites for hydroxylation is 2. The van der Waals surface area contributed by atoms with Gasteiger partial charge in [-0.15, -0.1) is 0 Å². The van der Waals surface area contributed by atoms with Gasteiger partial charge in [-0.25, -0.2) is 18.2 Å². The van der Waals surface area contributed by atoms with Gasteiger partial charge in [0.15, 0.2) is 17.8 Å². The highest BCUT2D eigenvalue weighted by Crippen LogP contribution is 2.51. The number of carbonyl (C=O) groups excluding carboxylic acids is 1. The molecule has 0 bridgehead atoms. The molecular weight excluding hydrogens is 564 g/mol. The zero-order valence-corrected chi connectivity index (χ0v) is 26.8. The predicted octanol–water partition coefficient (Wildman–Crippen LogP) is 7.12. The molecule has 9 heteroatoms. The van der Waals surface area contributed by atoms with Gasteiger partial charge in [0.25, 0.3) is 0 Å². The van der Waals surface area contributed by atoms with Crippen molar-refractivity contribution in [1.29, 1.82) is 0 Å². The van der Waals surface area contributed by atoms with E-state index >= 15 is 0 Å². The van der Waals surface area contributed by atoms with E-state index in [-0.39, 0.29) is 13.2 Å². The molecule has 0 unspecified atom stereocenters. The SMILES string of the molecule is Cc1ccc(-c2c(C)c3c(c(C)c2[C@H](OC(C)(C)C)C(=O)OCc2ccccc2)N(S(C)(=O)=O)Cc2oc(C)nc2-3)cc1. The molecule has 0 saturated heterocycles. The molecule has 0 fully saturated rings. The van der Waals surface area contributed by atoms with Crippen molar-refractivity contribution >= 4 is 21.7 Å². The lowest BCUT2D eigenvalue weighted by Crippen LogP contribution is -2.34. The van der Waals surface area contributed by atoms with Crippen molar-refractivity contribution in [3.8, 4) is 22.4 Å². The minimum atomic E-state index is -3.75. The molecular formula is C34H38N2O6S. The number of hydrogen-bond donors (Lipinski definition) is 0. The summed E-state index contributed by atoms with van der Waals surface area (Å²) in [6.07, 6.45) is 0.0239. The van der Waals surface area contributed by atoms with Crippen molar-refractivity contribution < 1.29 is 27.1 Å². The number of nitrogens with zero attached hydrogens (tertiary/aromatic N) is 2. The lowest BCUT2D eigenvalue weighted by Gasteiger charge is -2.35. The van der Waals surface area contributed by atoms with E-state index < -0.39 is 27.7 Å². The highest BCUT2D eigenvalue weighted by molar-refractivity contribution is 7.92. The van der Waals surface area contributed by atoms with Crippen LogP contribution >= 0.6 is 0 Å². The maximum Gasteiger partial charge on any atom is 0.340 e. The summed E-state index contributed by atoms with van der Waals surface area (Å²) >= 11 is 0. The Morgan fingerprint density at radius 2 is 1.63 bits per heavy atom. The predicted molar refractivity (Wildman–Crippen MR) is 167 cm³/mol. The third-order valence-corrected chi connectivity index (χ3v) is 8.62. The smallest absolute Gasteiger partial charge is 0.340 e.